The Balaban J connectivity index is 1.78. The van der Waals surface area contributed by atoms with Crippen LogP contribution in [0.1, 0.15) is 59.6 Å². The number of hydrogen-bond donors (Lipinski definition) is 1. The van der Waals surface area contributed by atoms with Crippen molar-refractivity contribution in [1.29, 1.82) is 0 Å². The van der Waals surface area contributed by atoms with Gasteiger partial charge < -0.3 is 9.64 Å². The van der Waals surface area contributed by atoms with Crippen LogP contribution < -0.4 is 5.32 Å². The van der Waals surface area contributed by atoms with E-state index in [4.69, 9.17) is 4.74 Å². The number of aryl methyl sites for hydroxylation is 1. The third-order valence-electron chi connectivity index (χ3n) is 4.58. The van der Waals surface area contributed by atoms with Crippen LogP contribution in [0.25, 0.3) is 0 Å². The van der Waals surface area contributed by atoms with Crippen LogP contribution in [0.4, 0.5) is 10.6 Å². The Bertz CT molecular complexity index is 573. The molecule has 1 aromatic heterocycles. The molecule has 0 atom stereocenters. The van der Waals surface area contributed by atoms with E-state index in [1.807, 2.05) is 32.9 Å². The average Bonchev–Trinajstić information content (AvgIpc) is 2.52. The van der Waals surface area contributed by atoms with Crippen molar-refractivity contribution >= 4 is 11.9 Å². The zero-order valence-electron chi connectivity index (χ0n) is 17.0. The van der Waals surface area contributed by atoms with E-state index >= 15 is 0 Å². The maximum atomic E-state index is 11.9. The molecule has 0 spiro atoms. The standard InChI is InChI=1S/C21H35N3O2/c1-16(2)15-24-13-11-17(12-14-24)9-10-18-7-6-8-19(22-18)23-20(25)26-21(3,4)5/h6-8,16-17H,9-15H2,1-5H3,(H,22,23,25). The van der Waals surface area contributed by atoms with Crippen LogP contribution in [0.3, 0.4) is 0 Å². The molecule has 5 heteroatoms. The number of nitrogens with one attached hydrogen (secondary N) is 1. The molecule has 0 aliphatic carbocycles. The number of hydrogen-bond acceptors (Lipinski definition) is 4. The zero-order chi connectivity index (χ0) is 19.2. The first-order valence-corrected chi connectivity index (χ1v) is 9.89. The quantitative estimate of drug-likeness (QED) is 0.796. The van der Waals surface area contributed by atoms with Crippen LogP contribution in [-0.2, 0) is 11.2 Å². The molecule has 0 saturated carbocycles. The van der Waals surface area contributed by atoms with Crippen LogP contribution in [0, 0.1) is 11.8 Å². The first kappa shape index (κ1) is 20.7. The number of rotatable bonds is 6. The molecule has 0 unspecified atom stereocenters. The Morgan fingerprint density at radius 2 is 2.00 bits per heavy atom. The van der Waals surface area contributed by atoms with Crippen molar-refractivity contribution in [2.24, 2.45) is 11.8 Å². The van der Waals surface area contributed by atoms with Crippen molar-refractivity contribution in [2.45, 2.75) is 65.9 Å². The fourth-order valence-electron chi connectivity index (χ4n) is 3.42. The van der Waals surface area contributed by atoms with Gasteiger partial charge in [-0.15, -0.1) is 0 Å². The van der Waals surface area contributed by atoms with Gasteiger partial charge in [-0.3, -0.25) is 5.32 Å². The molecule has 1 N–H and O–H groups in total. The molecule has 0 aromatic carbocycles. The Labute approximate surface area is 158 Å². The van der Waals surface area contributed by atoms with Gasteiger partial charge in [0.1, 0.15) is 11.4 Å². The molecule has 5 nitrogen and oxygen atoms in total. The lowest BCUT2D eigenvalue weighted by Crippen LogP contribution is -2.36. The van der Waals surface area contributed by atoms with Gasteiger partial charge in [-0.2, -0.15) is 0 Å². The second-order valence-electron chi connectivity index (χ2n) is 8.82. The monoisotopic (exact) mass is 361 g/mol. The summed E-state index contributed by atoms with van der Waals surface area (Å²) in [5.74, 6) is 2.09. The van der Waals surface area contributed by atoms with Crippen molar-refractivity contribution in [1.82, 2.24) is 9.88 Å². The van der Waals surface area contributed by atoms with Crippen LogP contribution in [0.2, 0.25) is 0 Å². The SMILES string of the molecule is CC(C)CN1CCC(CCc2cccc(NC(=O)OC(C)(C)C)n2)CC1. The minimum absolute atomic E-state index is 0.459. The van der Waals surface area contributed by atoms with Crippen molar-refractivity contribution in [3.63, 3.8) is 0 Å². The van der Waals surface area contributed by atoms with Gasteiger partial charge in [0.2, 0.25) is 0 Å². The Morgan fingerprint density at radius 3 is 2.62 bits per heavy atom. The third kappa shape index (κ3) is 7.73. The zero-order valence-corrected chi connectivity index (χ0v) is 17.0. The topological polar surface area (TPSA) is 54.5 Å². The van der Waals surface area contributed by atoms with E-state index in [9.17, 15) is 4.79 Å². The summed E-state index contributed by atoms with van der Waals surface area (Å²) in [5, 5.41) is 2.72. The normalized spacial score (nSPS) is 16.7. The summed E-state index contributed by atoms with van der Waals surface area (Å²) >= 11 is 0. The number of carbonyl (C=O) groups excluding carboxylic acids is 1. The fourth-order valence-corrected chi connectivity index (χ4v) is 3.42. The highest BCUT2D eigenvalue weighted by molar-refractivity contribution is 5.83. The molecule has 146 valence electrons. The minimum atomic E-state index is -0.508. The van der Waals surface area contributed by atoms with Gasteiger partial charge in [-0.1, -0.05) is 19.9 Å². The van der Waals surface area contributed by atoms with Gasteiger partial charge in [0.05, 0.1) is 0 Å². The minimum Gasteiger partial charge on any atom is -0.444 e. The van der Waals surface area contributed by atoms with Gasteiger partial charge in [-0.25, -0.2) is 9.78 Å². The number of nitrogens with zero attached hydrogens (tertiary/aromatic N) is 2. The summed E-state index contributed by atoms with van der Waals surface area (Å²) in [6, 6.07) is 5.78. The lowest BCUT2D eigenvalue weighted by Gasteiger charge is -2.33. The van der Waals surface area contributed by atoms with Crippen molar-refractivity contribution < 1.29 is 9.53 Å². The van der Waals surface area contributed by atoms with E-state index in [-0.39, 0.29) is 0 Å². The van der Waals surface area contributed by atoms with E-state index in [0.29, 0.717) is 5.82 Å². The number of pyridine rings is 1. The first-order chi connectivity index (χ1) is 12.2. The number of ether oxygens (including phenoxy) is 1. The summed E-state index contributed by atoms with van der Waals surface area (Å²) in [7, 11) is 0. The van der Waals surface area contributed by atoms with Gasteiger partial charge >= 0.3 is 6.09 Å². The molecule has 1 aliphatic rings. The molecular formula is C21H35N3O2. The summed E-state index contributed by atoms with van der Waals surface area (Å²) in [4.78, 5) is 19.0. The number of likely N-dealkylation sites (tertiary alicyclic amines) is 1. The molecule has 26 heavy (non-hydrogen) atoms. The second kappa shape index (κ2) is 9.36. The Kier molecular flexibility index (Phi) is 7.44. The molecule has 1 aliphatic heterocycles. The second-order valence-corrected chi connectivity index (χ2v) is 8.82. The number of anilines is 1. The van der Waals surface area contributed by atoms with Gasteiger partial charge in [-0.05, 0) is 83.5 Å². The summed E-state index contributed by atoms with van der Waals surface area (Å²) in [6.07, 6.45) is 4.22. The highest BCUT2D eigenvalue weighted by atomic mass is 16.6. The van der Waals surface area contributed by atoms with Crippen LogP contribution in [0.5, 0.6) is 0 Å². The summed E-state index contributed by atoms with van der Waals surface area (Å²) < 4.78 is 5.28. The van der Waals surface area contributed by atoms with E-state index in [1.165, 1.54) is 38.9 Å². The molecule has 1 fully saturated rings. The Morgan fingerprint density at radius 1 is 1.31 bits per heavy atom. The fraction of sp³-hybridized carbons (Fsp3) is 0.714. The lowest BCUT2D eigenvalue weighted by molar-refractivity contribution is 0.0635. The van der Waals surface area contributed by atoms with Crippen molar-refractivity contribution in [2.75, 3.05) is 25.0 Å². The van der Waals surface area contributed by atoms with Crippen molar-refractivity contribution in [3.05, 3.63) is 23.9 Å². The maximum absolute atomic E-state index is 11.9. The third-order valence-corrected chi connectivity index (χ3v) is 4.58. The maximum Gasteiger partial charge on any atom is 0.413 e. The largest absolute Gasteiger partial charge is 0.444 e. The summed E-state index contributed by atoms with van der Waals surface area (Å²) in [5.41, 5.74) is 0.523. The number of aromatic nitrogens is 1. The van der Waals surface area contributed by atoms with Gasteiger partial charge in [0.15, 0.2) is 0 Å². The van der Waals surface area contributed by atoms with E-state index in [0.717, 1.165) is 24.0 Å². The number of piperidine rings is 1. The predicted octanol–water partition coefficient (Wildman–Crippen LogP) is 4.73. The molecule has 2 rings (SSSR count). The van der Waals surface area contributed by atoms with E-state index < -0.39 is 11.7 Å². The predicted molar refractivity (Wildman–Crippen MR) is 106 cm³/mol. The highest BCUT2D eigenvalue weighted by Crippen LogP contribution is 2.23. The molecule has 0 bridgehead atoms. The number of carbonyl (C=O) groups is 1. The molecule has 2 heterocycles. The van der Waals surface area contributed by atoms with Crippen molar-refractivity contribution in [3.8, 4) is 0 Å². The average molecular weight is 362 g/mol. The first-order valence-electron chi connectivity index (χ1n) is 9.89. The van der Waals surface area contributed by atoms with Crippen LogP contribution in [0.15, 0.2) is 18.2 Å². The molecule has 1 saturated heterocycles. The lowest BCUT2D eigenvalue weighted by atomic mass is 9.91. The van der Waals surface area contributed by atoms with E-state index in [2.05, 4.69) is 29.0 Å². The van der Waals surface area contributed by atoms with E-state index in [1.54, 1.807) is 6.07 Å². The molecule has 0 radical (unpaired) electrons. The number of amides is 1. The summed E-state index contributed by atoms with van der Waals surface area (Å²) in [6.45, 7) is 13.8. The van der Waals surface area contributed by atoms with Crippen LogP contribution >= 0.6 is 0 Å². The smallest absolute Gasteiger partial charge is 0.413 e. The Hall–Kier alpha value is -1.62. The molecule has 1 amide bonds. The molecule has 1 aromatic rings. The molecular weight excluding hydrogens is 326 g/mol. The highest BCUT2D eigenvalue weighted by Gasteiger charge is 2.20. The van der Waals surface area contributed by atoms with Gasteiger partial charge in [0.25, 0.3) is 0 Å². The van der Waals surface area contributed by atoms with Crippen LogP contribution in [-0.4, -0.2) is 41.2 Å². The van der Waals surface area contributed by atoms with Gasteiger partial charge in [0, 0.05) is 12.2 Å².